The van der Waals surface area contributed by atoms with Crippen molar-refractivity contribution in [1.82, 2.24) is 0 Å². The van der Waals surface area contributed by atoms with Gasteiger partial charge >= 0.3 is 0 Å². The molecule has 0 bridgehead atoms. The molecule has 2 heteroatoms. The largest absolute Gasteiger partial charge is 0.314 e. The minimum atomic E-state index is -2.33. The monoisotopic (exact) mass is 188 g/mol. The number of hydrogen-bond acceptors (Lipinski definition) is 0. The van der Waals surface area contributed by atoms with Gasteiger partial charge in [-0.3, -0.25) is 0 Å². The van der Waals surface area contributed by atoms with E-state index < -0.39 is 8.41 Å². The standard InChI is InChI=1S/C10H21FSi/c1-6-7-10(2,3)8-9-12(4,5)11/h6H,1,7-9H2,2-5H3. The summed E-state index contributed by atoms with van der Waals surface area (Å²) in [6.07, 6.45) is 3.89. The maximum atomic E-state index is 13.3. The van der Waals surface area contributed by atoms with E-state index in [1.54, 1.807) is 13.1 Å². The molecule has 0 aliphatic rings. The van der Waals surface area contributed by atoms with Crippen LogP contribution in [0.1, 0.15) is 26.7 Å². The molecule has 0 spiro atoms. The van der Waals surface area contributed by atoms with Gasteiger partial charge in [0.1, 0.15) is 0 Å². The fraction of sp³-hybridized carbons (Fsp3) is 0.800. The first-order valence-corrected chi connectivity index (χ1v) is 7.65. The van der Waals surface area contributed by atoms with Crippen LogP contribution in [-0.2, 0) is 0 Å². The average Bonchev–Trinajstić information content (AvgIpc) is 1.83. The molecule has 0 saturated heterocycles. The van der Waals surface area contributed by atoms with Gasteiger partial charge in [0.15, 0.2) is 0 Å². The Kier molecular flexibility index (Phi) is 4.18. The van der Waals surface area contributed by atoms with Crippen molar-refractivity contribution in [1.29, 1.82) is 0 Å². The smallest absolute Gasteiger partial charge is 0.240 e. The van der Waals surface area contributed by atoms with Crippen molar-refractivity contribution < 1.29 is 4.11 Å². The van der Waals surface area contributed by atoms with Crippen molar-refractivity contribution in [2.45, 2.75) is 45.8 Å². The van der Waals surface area contributed by atoms with Crippen LogP contribution in [0.4, 0.5) is 4.11 Å². The lowest BCUT2D eigenvalue weighted by atomic mass is 9.87. The van der Waals surface area contributed by atoms with Crippen LogP contribution in [0.25, 0.3) is 0 Å². The molecule has 0 heterocycles. The summed E-state index contributed by atoms with van der Waals surface area (Å²) in [7, 11) is -2.33. The SMILES string of the molecule is C=CCC(C)(C)CC[Si](C)(C)F. The highest BCUT2D eigenvalue weighted by Crippen LogP contribution is 2.30. The Labute approximate surface area is 77.1 Å². The highest BCUT2D eigenvalue weighted by molar-refractivity contribution is 6.70. The molecule has 0 rings (SSSR count). The molecule has 0 radical (unpaired) electrons. The fourth-order valence-corrected chi connectivity index (χ4v) is 2.40. The highest BCUT2D eigenvalue weighted by Gasteiger charge is 2.25. The zero-order valence-electron chi connectivity index (χ0n) is 8.78. The second-order valence-electron chi connectivity index (χ2n) is 4.88. The van der Waals surface area contributed by atoms with Crippen molar-refractivity contribution >= 4 is 8.41 Å². The third kappa shape index (κ3) is 6.59. The van der Waals surface area contributed by atoms with Crippen LogP contribution in [0.15, 0.2) is 12.7 Å². The molecule has 0 aromatic carbocycles. The molecule has 0 fully saturated rings. The summed E-state index contributed by atoms with van der Waals surface area (Å²) in [5.74, 6) is 0. The summed E-state index contributed by atoms with van der Waals surface area (Å²) < 4.78 is 13.3. The molecule has 12 heavy (non-hydrogen) atoms. The molecule has 0 unspecified atom stereocenters. The fourth-order valence-electron chi connectivity index (χ4n) is 1.13. The van der Waals surface area contributed by atoms with Crippen LogP contribution in [0.3, 0.4) is 0 Å². The minimum absolute atomic E-state index is 0.234. The molecular formula is C10H21FSi. The van der Waals surface area contributed by atoms with E-state index >= 15 is 0 Å². The van der Waals surface area contributed by atoms with Gasteiger partial charge in [-0.05, 0) is 37.4 Å². The Morgan fingerprint density at radius 3 is 2.25 bits per heavy atom. The van der Waals surface area contributed by atoms with Crippen LogP contribution in [0.2, 0.25) is 19.1 Å². The van der Waals surface area contributed by atoms with E-state index in [4.69, 9.17) is 0 Å². The van der Waals surface area contributed by atoms with Gasteiger partial charge in [0.2, 0.25) is 8.41 Å². The van der Waals surface area contributed by atoms with Crippen LogP contribution in [-0.4, -0.2) is 8.41 Å². The Morgan fingerprint density at radius 2 is 1.92 bits per heavy atom. The maximum absolute atomic E-state index is 13.3. The predicted octanol–water partition coefficient (Wildman–Crippen LogP) is 4.15. The van der Waals surface area contributed by atoms with E-state index in [9.17, 15) is 4.11 Å². The van der Waals surface area contributed by atoms with Crippen LogP contribution < -0.4 is 0 Å². The molecule has 0 aliphatic carbocycles. The molecule has 0 nitrogen and oxygen atoms in total. The van der Waals surface area contributed by atoms with Crippen molar-refractivity contribution in [3.8, 4) is 0 Å². The highest BCUT2D eigenvalue weighted by atomic mass is 28.4. The zero-order valence-corrected chi connectivity index (χ0v) is 9.78. The zero-order chi connectivity index (χ0) is 9.83. The summed E-state index contributed by atoms with van der Waals surface area (Å²) in [6, 6.07) is 0.772. The molecule has 0 aliphatic heterocycles. The Morgan fingerprint density at radius 1 is 1.42 bits per heavy atom. The number of rotatable bonds is 5. The van der Waals surface area contributed by atoms with Gasteiger partial charge < -0.3 is 4.11 Å². The molecule has 72 valence electrons. The number of halogens is 1. The Bertz CT molecular complexity index is 144. The topological polar surface area (TPSA) is 0 Å². The van der Waals surface area contributed by atoms with Crippen molar-refractivity contribution in [3.63, 3.8) is 0 Å². The maximum Gasteiger partial charge on any atom is 0.240 e. The molecule has 0 N–H and O–H groups in total. The second-order valence-corrected chi connectivity index (χ2v) is 8.81. The predicted molar refractivity (Wildman–Crippen MR) is 56.6 cm³/mol. The summed E-state index contributed by atoms with van der Waals surface area (Å²) >= 11 is 0. The first kappa shape index (κ1) is 11.9. The first-order chi connectivity index (χ1) is 5.27. The molecule has 0 amide bonds. The van der Waals surface area contributed by atoms with Crippen LogP contribution >= 0.6 is 0 Å². The van der Waals surface area contributed by atoms with Gasteiger partial charge in [-0.25, -0.2) is 0 Å². The third-order valence-corrected chi connectivity index (χ3v) is 3.53. The van der Waals surface area contributed by atoms with Gasteiger partial charge in [-0.1, -0.05) is 19.9 Å². The normalized spacial score (nSPS) is 13.1. The van der Waals surface area contributed by atoms with Crippen molar-refractivity contribution in [2.75, 3.05) is 0 Å². The van der Waals surface area contributed by atoms with Crippen LogP contribution in [0, 0.1) is 5.41 Å². The molecule has 0 aromatic rings. The lowest BCUT2D eigenvalue weighted by molar-refractivity contribution is 0.352. The number of hydrogen-bond donors (Lipinski definition) is 0. The van der Waals surface area contributed by atoms with E-state index in [1.807, 2.05) is 6.08 Å². The van der Waals surface area contributed by atoms with Crippen molar-refractivity contribution in [2.24, 2.45) is 5.41 Å². The quantitative estimate of drug-likeness (QED) is 0.345. The van der Waals surface area contributed by atoms with E-state index in [0.717, 1.165) is 18.9 Å². The van der Waals surface area contributed by atoms with Crippen molar-refractivity contribution in [3.05, 3.63) is 12.7 Å². The van der Waals surface area contributed by atoms with E-state index in [0.29, 0.717) is 0 Å². The lowest BCUT2D eigenvalue weighted by Crippen LogP contribution is -2.22. The first-order valence-electron chi connectivity index (χ1n) is 4.57. The molecule has 0 atom stereocenters. The molecular weight excluding hydrogens is 167 g/mol. The number of allylic oxidation sites excluding steroid dienone is 1. The summed E-state index contributed by atoms with van der Waals surface area (Å²) in [5.41, 5.74) is 0.234. The summed E-state index contributed by atoms with van der Waals surface area (Å²) in [4.78, 5) is 0. The Balaban J connectivity index is 3.83. The van der Waals surface area contributed by atoms with Gasteiger partial charge in [-0.15, -0.1) is 6.58 Å². The molecule has 0 saturated carbocycles. The van der Waals surface area contributed by atoms with E-state index in [1.165, 1.54) is 0 Å². The lowest BCUT2D eigenvalue weighted by Gasteiger charge is -2.24. The third-order valence-electron chi connectivity index (χ3n) is 2.09. The summed E-state index contributed by atoms with van der Waals surface area (Å²) in [6.45, 7) is 11.6. The molecule has 0 aromatic heterocycles. The van der Waals surface area contributed by atoms with Gasteiger partial charge in [0.05, 0.1) is 0 Å². The van der Waals surface area contributed by atoms with Gasteiger partial charge in [0, 0.05) is 0 Å². The summed E-state index contributed by atoms with van der Waals surface area (Å²) in [5, 5.41) is 0. The minimum Gasteiger partial charge on any atom is -0.314 e. The van der Waals surface area contributed by atoms with Gasteiger partial charge in [-0.2, -0.15) is 0 Å². The second kappa shape index (κ2) is 4.22. The average molecular weight is 188 g/mol. The van der Waals surface area contributed by atoms with Crippen LogP contribution in [0.5, 0.6) is 0 Å². The van der Waals surface area contributed by atoms with E-state index in [-0.39, 0.29) is 5.41 Å². The van der Waals surface area contributed by atoms with E-state index in [2.05, 4.69) is 20.4 Å². The van der Waals surface area contributed by atoms with Gasteiger partial charge in [0.25, 0.3) is 0 Å². The Hall–Kier alpha value is -0.113.